The zero-order valence-electron chi connectivity index (χ0n) is 10.6. The van der Waals surface area contributed by atoms with E-state index in [1.165, 1.54) is 6.92 Å². The highest BCUT2D eigenvalue weighted by molar-refractivity contribution is 5.94. The van der Waals surface area contributed by atoms with Crippen molar-refractivity contribution in [1.82, 2.24) is 4.90 Å². The lowest BCUT2D eigenvalue weighted by atomic mass is 10.1. The molecule has 0 heterocycles. The number of rotatable bonds is 6. The minimum absolute atomic E-state index is 0.00537. The van der Waals surface area contributed by atoms with Gasteiger partial charge in [-0.1, -0.05) is 0 Å². The average Bonchev–Trinajstić information content (AvgIpc) is 2.29. The molecule has 0 amide bonds. The summed E-state index contributed by atoms with van der Waals surface area (Å²) in [4.78, 5) is 13.3. The number of ether oxygens (including phenoxy) is 1. The van der Waals surface area contributed by atoms with Crippen LogP contribution in [0.2, 0.25) is 0 Å². The Morgan fingerprint density at radius 1 is 1.47 bits per heavy atom. The molecule has 0 aliphatic carbocycles. The highest BCUT2D eigenvalue weighted by Crippen LogP contribution is 2.20. The van der Waals surface area contributed by atoms with Crippen LogP contribution >= 0.6 is 0 Å². The van der Waals surface area contributed by atoms with Gasteiger partial charge in [0.1, 0.15) is 5.75 Å². The van der Waals surface area contributed by atoms with Crippen molar-refractivity contribution in [3.63, 3.8) is 0 Å². The van der Waals surface area contributed by atoms with E-state index >= 15 is 0 Å². The molecule has 1 aromatic carbocycles. The van der Waals surface area contributed by atoms with Crippen LogP contribution in [-0.2, 0) is 11.3 Å². The third-order valence-corrected chi connectivity index (χ3v) is 2.60. The van der Waals surface area contributed by atoms with Crippen LogP contribution < -0.4 is 0 Å². The van der Waals surface area contributed by atoms with Gasteiger partial charge < -0.3 is 9.84 Å². The zero-order chi connectivity index (χ0) is 12.8. The molecule has 0 aliphatic heterocycles. The summed E-state index contributed by atoms with van der Waals surface area (Å²) in [7, 11) is 3.60. The molecule has 1 N–H and O–H groups in total. The number of aromatic hydroxyl groups is 1. The van der Waals surface area contributed by atoms with Gasteiger partial charge in [0.15, 0.2) is 5.78 Å². The molecule has 0 fully saturated rings. The Labute approximate surface area is 102 Å². The molecule has 0 saturated heterocycles. The lowest BCUT2D eigenvalue weighted by Crippen LogP contribution is -2.22. The fourth-order valence-corrected chi connectivity index (χ4v) is 1.55. The predicted octanol–water partition coefficient (Wildman–Crippen LogP) is 1.67. The Morgan fingerprint density at radius 3 is 2.76 bits per heavy atom. The maximum absolute atomic E-state index is 11.3. The number of carbonyl (C=O) groups is 1. The second kappa shape index (κ2) is 6.37. The number of hydrogen-bond acceptors (Lipinski definition) is 4. The summed E-state index contributed by atoms with van der Waals surface area (Å²) in [6, 6.07) is 4.94. The Kier molecular flexibility index (Phi) is 5.12. The molecule has 1 aromatic rings. The largest absolute Gasteiger partial charge is 0.508 e. The van der Waals surface area contributed by atoms with E-state index in [4.69, 9.17) is 4.74 Å². The molecule has 0 atom stereocenters. The summed E-state index contributed by atoms with van der Waals surface area (Å²) < 4.78 is 4.98. The van der Waals surface area contributed by atoms with Gasteiger partial charge in [-0.05, 0) is 32.2 Å². The van der Waals surface area contributed by atoms with Gasteiger partial charge in [-0.15, -0.1) is 0 Å². The molecule has 0 unspecified atom stereocenters. The van der Waals surface area contributed by atoms with Gasteiger partial charge in [0.2, 0.25) is 0 Å². The maximum atomic E-state index is 11.3. The second-order valence-corrected chi connectivity index (χ2v) is 4.13. The van der Waals surface area contributed by atoms with E-state index < -0.39 is 0 Å². The van der Waals surface area contributed by atoms with E-state index in [2.05, 4.69) is 0 Å². The standard InChI is InChI=1S/C13H19NO3/c1-10(15)11-4-5-13(16)12(8-11)9-14(2)6-7-17-3/h4-5,8,16H,6-7,9H2,1-3H3. The van der Waals surface area contributed by atoms with Crippen molar-refractivity contribution in [1.29, 1.82) is 0 Å². The number of methoxy groups -OCH3 is 1. The van der Waals surface area contributed by atoms with Crippen LogP contribution in [0.15, 0.2) is 18.2 Å². The molecule has 1 rings (SSSR count). The normalized spacial score (nSPS) is 10.8. The highest BCUT2D eigenvalue weighted by Gasteiger charge is 2.08. The molecule has 0 aliphatic rings. The van der Waals surface area contributed by atoms with E-state index in [0.29, 0.717) is 18.7 Å². The Bertz CT molecular complexity index is 390. The number of phenolic OH excluding ortho intramolecular Hbond substituents is 1. The summed E-state index contributed by atoms with van der Waals surface area (Å²) >= 11 is 0. The van der Waals surface area contributed by atoms with Crippen LogP contribution in [0.3, 0.4) is 0 Å². The monoisotopic (exact) mass is 237 g/mol. The number of hydrogen-bond donors (Lipinski definition) is 1. The minimum Gasteiger partial charge on any atom is -0.508 e. The quantitative estimate of drug-likeness (QED) is 0.765. The van der Waals surface area contributed by atoms with E-state index in [1.54, 1.807) is 25.3 Å². The molecule has 17 heavy (non-hydrogen) atoms. The molecular weight excluding hydrogens is 218 g/mol. The smallest absolute Gasteiger partial charge is 0.159 e. The number of nitrogens with zero attached hydrogens (tertiary/aromatic N) is 1. The number of benzene rings is 1. The molecule has 4 nitrogen and oxygen atoms in total. The van der Waals surface area contributed by atoms with Gasteiger partial charge in [0.25, 0.3) is 0 Å². The molecule has 0 bridgehead atoms. The molecule has 94 valence electrons. The molecule has 0 saturated carbocycles. The zero-order valence-corrected chi connectivity index (χ0v) is 10.6. The first kappa shape index (κ1) is 13.7. The first-order chi connectivity index (χ1) is 8.04. The van der Waals surface area contributed by atoms with E-state index in [1.807, 2.05) is 11.9 Å². The number of Topliss-reactive ketones (excluding diaryl/α,β-unsaturated/α-hetero) is 1. The molecule has 0 radical (unpaired) electrons. The number of ketones is 1. The Balaban J connectivity index is 2.75. The van der Waals surface area contributed by atoms with Gasteiger partial charge >= 0.3 is 0 Å². The van der Waals surface area contributed by atoms with E-state index in [0.717, 1.165) is 12.1 Å². The number of carbonyl (C=O) groups excluding carboxylic acids is 1. The lowest BCUT2D eigenvalue weighted by molar-refractivity contribution is 0.101. The van der Waals surface area contributed by atoms with Gasteiger partial charge in [-0.3, -0.25) is 9.69 Å². The lowest BCUT2D eigenvalue weighted by Gasteiger charge is -2.17. The first-order valence-corrected chi connectivity index (χ1v) is 5.55. The van der Waals surface area contributed by atoms with Crippen molar-refractivity contribution in [3.8, 4) is 5.75 Å². The molecule has 4 heteroatoms. The topological polar surface area (TPSA) is 49.8 Å². The third kappa shape index (κ3) is 4.17. The van der Waals surface area contributed by atoms with Crippen molar-refractivity contribution < 1.29 is 14.6 Å². The van der Waals surface area contributed by atoms with Gasteiger partial charge in [-0.25, -0.2) is 0 Å². The third-order valence-electron chi connectivity index (χ3n) is 2.60. The van der Waals surface area contributed by atoms with E-state index in [-0.39, 0.29) is 11.5 Å². The van der Waals surface area contributed by atoms with Crippen LogP contribution in [0, 0.1) is 0 Å². The maximum Gasteiger partial charge on any atom is 0.159 e. The fourth-order valence-electron chi connectivity index (χ4n) is 1.55. The van der Waals surface area contributed by atoms with E-state index in [9.17, 15) is 9.90 Å². The van der Waals surface area contributed by atoms with Gasteiger partial charge in [0, 0.05) is 31.3 Å². The molecule has 0 spiro atoms. The number of likely N-dealkylation sites (N-methyl/N-ethyl adjacent to an activating group) is 1. The van der Waals surface area contributed by atoms with Crippen LogP contribution in [0.1, 0.15) is 22.8 Å². The van der Waals surface area contributed by atoms with Crippen molar-refractivity contribution >= 4 is 5.78 Å². The van der Waals surface area contributed by atoms with Crippen molar-refractivity contribution in [2.45, 2.75) is 13.5 Å². The highest BCUT2D eigenvalue weighted by atomic mass is 16.5. The van der Waals surface area contributed by atoms with Crippen molar-refractivity contribution in [3.05, 3.63) is 29.3 Å². The van der Waals surface area contributed by atoms with Gasteiger partial charge in [-0.2, -0.15) is 0 Å². The predicted molar refractivity (Wildman–Crippen MR) is 66.3 cm³/mol. The van der Waals surface area contributed by atoms with Crippen LogP contribution in [0.25, 0.3) is 0 Å². The summed E-state index contributed by atoms with van der Waals surface area (Å²) in [6.07, 6.45) is 0. The Morgan fingerprint density at radius 2 is 2.18 bits per heavy atom. The minimum atomic E-state index is 0.00537. The summed E-state index contributed by atoms with van der Waals surface area (Å²) in [5.41, 5.74) is 1.38. The average molecular weight is 237 g/mol. The SMILES string of the molecule is COCCN(C)Cc1cc(C(C)=O)ccc1O. The van der Waals surface area contributed by atoms with Crippen molar-refractivity contribution in [2.75, 3.05) is 27.3 Å². The van der Waals surface area contributed by atoms with Crippen molar-refractivity contribution in [2.24, 2.45) is 0 Å². The summed E-state index contributed by atoms with van der Waals surface area (Å²) in [6.45, 7) is 3.53. The van der Waals surface area contributed by atoms with Crippen LogP contribution in [-0.4, -0.2) is 43.1 Å². The first-order valence-electron chi connectivity index (χ1n) is 5.55. The molecular formula is C13H19NO3. The second-order valence-electron chi connectivity index (χ2n) is 4.13. The summed E-state index contributed by atoms with van der Waals surface area (Å²) in [5.74, 6) is 0.227. The molecule has 0 aromatic heterocycles. The fraction of sp³-hybridized carbons (Fsp3) is 0.462. The van der Waals surface area contributed by atoms with Crippen LogP contribution in [0.4, 0.5) is 0 Å². The van der Waals surface area contributed by atoms with Crippen LogP contribution in [0.5, 0.6) is 5.75 Å². The van der Waals surface area contributed by atoms with Gasteiger partial charge in [0.05, 0.1) is 6.61 Å². The summed E-state index contributed by atoms with van der Waals surface area (Å²) in [5, 5.41) is 9.72. The Hall–Kier alpha value is -1.39. The number of phenols is 1.